The summed E-state index contributed by atoms with van der Waals surface area (Å²) >= 11 is 0. The van der Waals surface area contributed by atoms with Gasteiger partial charge in [-0.1, -0.05) is 50.2 Å². The molecule has 0 aromatic heterocycles. The van der Waals surface area contributed by atoms with Crippen LogP contribution in [0.3, 0.4) is 0 Å². The molecule has 0 amide bonds. The normalized spacial score (nSPS) is 10.8. The van der Waals surface area contributed by atoms with Gasteiger partial charge in [0.2, 0.25) is 0 Å². The molecule has 0 aliphatic carbocycles. The summed E-state index contributed by atoms with van der Waals surface area (Å²) in [5.41, 5.74) is 0.958. The Morgan fingerprint density at radius 1 is 0.842 bits per heavy atom. The summed E-state index contributed by atoms with van der Waals surface area (Å²) in [5, 5.41) is 3.89. The van der Waals surface area contributed by atoms with Gasteiger partial charge in [0.25, 0.3) is 0 Å². The number of rotatable bonds is 7. The van der Waals surface area contributed by atoms with Crippen LogP contribution in [0.1, 0.15) is 26.7 Å². The minimum absolute atomic E-state index is 0.646. The van der Waals surface area contributed by atoms with Crippen molar-refractivity contribution < 1.29 is 9.68 Å². The lowest BCUT2D eigenvalue weighted by atomic mass is 10.1. The first-order valence-corrected chi connectivity index (χ1v) is 6.90. The third-order valence-corrected chi connectivity index (χ3v) is 2.79. The molecule has 0 radical (unpaired) electrons. The molecule has 3 nitrogen and oxygen atoms in total. The van der Waals surface area contributed by atoms with Crippen molar-refractivity contribution in [2.45, 2.75) is 26.7 Å². The molecule has 0 fully saturated rings. The van der Waals surface area contributed by atoms with E-state index in [0.29, 0.717) is 13.2 Å². The molecular formula is C16H21NO2. The van der Waals surface area contributed by atoms with E-state index in [1.54, 1.807) is 5.23 Å². The third kappa shape index (κ3) is 3.46. The Hall–Kier alpha value is -1.58. The van der Waals surface area contributed by atoms with E-state index in [-0.39, 0.29) is 0 Å². The van der Waals surface area contributed by atoms with Crippen molar-refractivity contribution in [2.24, 2.45) is 0 Å². The Balaban J connectivity index is 2.31. The highest BCUT2D eigenvalue weighted by atomic mass is 16.9. The van der Waals surface area contributed by atoms with Crippen molar-refractivity contribution in [2.75, 3.05) is 18.4 Å². The zero-order chi connectivity index (χ0) is 13.5. The van der Waals surface area contributed by atoms with Crippen LogP contribution < -0.4 is 5.23 Å². The molecule has 19 heavy (non-hydrogen) atoms. The van der Waals surface area contributed by atoms with Crippen LogP contribution in [0.25, 0.3) is 10.8 Å². The van der Waals surface area contributed by atoms with E-state index in [9.17, 15) is 0 Å². The van der Waals surface area contributed by atoms with E-state index < -0.39 is 0 Å². The molecule has 2 aromatic rings. The van der Waals surface area contributed by atoms with Crippen molar-refractivity contribution >= 4 is 16.5 Å². The second kappa shape index (κ2) is 7.12. The van der Waals surface area contributed by atoms with Gasteiger partial charge in [-0.15, -0.1) is 5.23 Å². The van der Waals surface area contributed by atoms with Crippen LogP contribution in [-0.2, 0) is 9.68 Å². The highest BCUT2D eigenvalue weighted by molar-refractivity contribution is 5.93. The van der Waals surface area contributed by atoms with E-state index in [1.165, 1.54) is 5.39 Å². The summed E-state index contributed by atoms with van der Waals surface area (Å²) in [6.07, 6.45) is 1.91. The van der Waals surface area contributed by atoms with Gasteiger partial charge in [-0.3, -0.25) is 0 Å². The summed E-state index contributed by atoms with van der Waals surface area (Å²) in [6, 6.07) is 14.4. The Morgan fingerprint density at radius 3 is 2.16 bits per heavy atom. The fourth-order valence-corrected chi connectivity index (χ4v) is 1.89. The highest BCUT2D eigenvalue weighted by Crippen LogP contribution is 2.27. The van der Waals surface area contributed by atoms with Crippen LogP contribution in [0.5, 0.6) is 0 Å². The molecule has 0 bridgehead atoms. The zero-order valence-electron chi connectivity index (χ0n) is 11.6. The Morgan fingerprint density at radius 2 is 1.47 bits per heavy atom. The van der Waals surface area contributed by atoms with E-state index in [4.69, 9.17) is 9.68 Å². The summed E-state index contributed by atoms with van der Waals surface area (Å²) in [7, 11) is 0. The molecule has 0 unspecified atom stereocenters. The van der Waals surface area contributed by atoms with Gasteiger partial charge in [0.1, 0.15) is 5.69 Å². The summed E-state index contributed by atoms with van der Waals surface area (Å²) in [5.74, 6) is 0. The molecule has 0 saturated heterocycles. The molecule has 0 atom stereocenters. The number of hydrogen-bond acceptors (Lipinski definition) is 3. The average Bonchev–Trinajstić information content (AvgIpc) is 2.47. The van der Waals surface area contributed by atoms with Gasteiger partial charge in [0.05, 0.1) is 13.2 Å². The molecule has 0 saturated carbocycles. The van der Waals surface area contributed by atoms with Crippen LogP contribution in [0.2, 0.25) is 0 Å². The van der Waals surface area contributed by atoms with Crippen LogP contribution in [0.15, 0.2) is 42.5 Å². The largest absolute Gasteiger partial charge is 0.249 e. The number of nitrogens with zero attached hydrogens (tertiary/aromatic N) is 1. The van der Waals surface area contributed by atoms with Crippen molar-refractivity contribution in [3.8, 4) is 0 Å². The van der Waals surface area contributed by atoms with E-state index in [2.05, 4.69) is 32.0 Å². The predicted molar refractivity (Wildman–Crippen MR) is 78.9 cm³/mol. The maximum absolute atomic E-state index is 5.70. The SMILES string of the molecule is CCCON(OCCC)c1cccc2ccccc12. The third-order valence-electron chi connectivity index (χ3n) is 2.79. The molecule has 2 aromatic carbocycles. The minimum Gasteiger partial charge on any atom is -0.249 e. The number of fused-ring (bicyclic) bond motifs is 1. The fourth-order valence-electron chi connectivity index (χ4n) is 1.89. The van der Waals surface area contributed by atoms with Crippen molar-refractivity contribution in [1.29, 1.82) is 0 Å². The van der Waals surface area contributed by atoms with Gasteiger partial charge >= 0.3 is 0 Å². The predicted octanol–water partition coefficient (Wildman–Crippen LogP) is 4.33. The molecular weight excluding hydrogens is 238 g/mol. The molecule has 0 N–H and O–H groups in total. The molecule has 0 spiro atoms. The first kappa shape index (κ1) is 13.8. The lowest BCUT2D eigenvalue weighted by Crippen LogP contribution is -2.25. The summed E-state index contributed by atoms with van der Waals surface area (Å²) < 4.78 is 0. The second-order valence-corrected chi connectivity index (χ2v) is 4.42. The van der Waals surface area contributed by atoms with E-state index in [1.807, 2.05) is 24.3 Å². The van der Waals surface area contributed by atoms with Crippen LogP contribution in [0.4, 0.5) is 5.69 Å². The van der Waals surface area contributed by atoms with Gasteiger partial charge < -0.3 is 0 Å². The highest BCUT2D eigenvalue weighted by Gasteiger charge is 2.11. The van der Waals surface area contributed by atoms with Crippen molar-refractivity contribution in [3.63, 3.8) is 0 Å². The maximum Gasteiger partial charge on any atom is 0.103 e. The van der Waals surface area contributed by atoms with Crippen LogP contribution >= 0.6 is 0 Å². The lowest BCUT2D eigenvalue weighted by Gasteiger charge is -2.23. The van der Waals surface area contributed by atoms with Gasteiger partial charge in [-0.25, -0.2) is 9.68 Å². The average molecular weight is 259 g/mol. The lowest BCUT2D eigenvalue weighted by molar-refractivity contribution is -0.0888. The molecule has 0 aliphatic rings. The fraction of sp³-hybridized carbons (Fsp3) is 0.375. The zero-order valence-corrected chi connectivity index (χ0v) is 11.6. The van der Waals surface area contributed by atoms with Crippen LogP contribution in [0, 0.1) is 0 Å². The Bertz CT molecular complexity index is 500. The molecule has 0 heterocycles. The minimum atomic E-state index is 0.646. The summed E-state index contributed by atoms with van der Waals surface area (Å²) in [4.78, 5) is 11.4. The van der Waals surface area contributed by atoms with Gasteiger partial charge in [-0.05, 0) is 24.3 Å². The summed E-state index contributed by atoms with van der Waals surface area (Å²) in [6.45, 7) is 5.46. The van der Waals surface area contributed by atoms with E-state index >= 15 is 0 Å². The van der Waals surface area contributed by atoms with Crippen molar-refractivity contribution in [1.82, 2.24) is 0 Å². The first-order chi connectivity index (χ1) is 9.36. The first-order valence-electron chi connectivity index (χ1n) is 6.90. The molecule has 2 rings (SSSR count). The topological polar surface area (TPSA) is 21.7 Å². The Kier molecular flexibility index (Phi) is 5.19. The van der Waals surface area contributed by atoms with E-state index in [0.717, 1.165) is 23.9 Å². The van der Waals surface area contributed by atoms with Crippen LogP contribution in [-0.4, -0.2) is 13.2 Å². The Labute approximate surface area is 114 Å². The van der Waals surface area contributed by atoms with Gasteiger partial charge in [0, 0.05) is 5.39 Å². The van der Waals surface area contributed by atoms with Gasteiger partial charge in [-0.2, -0.15) is 0 Å². The molecule has 102 valence electrons. The number of hydrogen-bond donors (Lipinski definition) is 0. The molecule has 3 heteroatoms. The molecule has 0 aliphatic heterocycles. The maximum atomic E-state index is 5.70. The monoisotopic (exact) mass is 259 g/mol. The van der Waals surface area contributed by atoms with Gasteiger partial charge in [0.15, 0.2) is 0 Å². The number of benzene rings is 2. The van der Waals surface area contributed by atoms with Crippen molar-refractivity contribution in [3.05, 3.63) is 42.5 Å². The second-order valence-electron chi connectivity index (χ2n) is 4.42. The standard InChI is InChI=1S/C16H21NO2/c1-3-12-18-17(19-13-4-2)16-11-7-9-14-8-5-6-10-15(14)16/h5-11H,3-4,12-13H2,1-2H3. The number of anilines is 1. The quantitative estimate of drug-likeness (QED) is 0.691. The smallest absolute Gasteiger partial charge is 0.103 e.